The Bertz CT molecular complexity index is 1020. The summed E-state index contributed by atoms with van der Waals surface area (Å²) >= 11 is 0. The van der Waals surface area contributed by atoms with Crippen LogP contribution in [0.15, 0.2) is 47.4 Å². The summed E-state index contributed by atoms with van der Waals surface area (Å²) in [6.07, 6.45) is 5.93. The molecule has 0 amide bonds. The lowest BCUT2D eigenvalue weighted by molar-refractivity contribution is 0.774. The number of benzene rings is 1. The first kappa shape index (κ1) is 18.7. The molecular weight excluding hydrogens is 348 g/mol. The molecule has 3 aromatic rings. The van der Waals surface area contributed by atoms with Crippen LogP contribution < -0.4 is 16.2 Å². The van der Waals surface area contributed by atoms with E-state index in [9.17, 15) is 4.79 Å². The molecule has 1 atom stereocenters. The molecule has 0 aliphatic carbocycles. The van der Waals surface area contributed by atoms with Crippen LogP contribution >= 0.6 is 0 Å². The topological polar surface area (TPSA) is 58.4 Å². The second-order valence-electron chi connectivity index (χ2n) is 7.69. The Labute approximate surface area is 165 Å². The SMILES string of the molecule is CCCCc1nc2ccc(C)cn2c(=O)c1-c1ccc(NC2CCNC2)cc1. The smallest absolute Gasteiger partial charge is 0.266 e. The molecule has 4 rings (SSSR count). The average Bonchev–Trinajstić information content (AvgIpc) is 3.21. The zero-order valence-electron chi connectivity index (χ0n) is 16.7. The third-order valence-corrected chi connectivity index (χ3v) is 5.42. The molecule has 2 N–H and O–H groups in total. The van der Waals surface area contributed by atoms with Crippen LogP contribution in [0.2, 0.25) is 0 Å². The molecule has 0 spiro atoms. The number of unbranched alkanes of at least 4 members (excludes halogenated alkanes) is 1. The summed E-state index contributed by atoms with van der Waals surface area (Å²) < 4.78 is 1.68. The van der Waals surface area contributed by atoms with Gasteiger partial charge in [0.15, 0.2) is 0 Å². The highest BCUT2D eigenvalue weighted by Crippen LogP contribution is 2.24. The second kappa shape index (κ2) is 8.15. The fourth-order valence-corrected chi connectivity index (χ4v) is 3.85. The van der Waals surface area contributed by atoms with Crippen LogP contribution in [-0.4, -0.2) is 28.5 Å². The fraction of sp³-hybridized carbons (Fsp3) is 0.391. The van der Waals surface area contributed by atoms with Crippen LogP contribution in [0.25, 0.3) is 16.8 Å². The molecule has 1 aliphatic heterocycles. The van der Waals surface area contributed by atoms with E-state index in [2.05, 4.69) is 29.7 Å². The summed E-state index contributed by atoms with van der Waals surface area (Å²) in [5.41, 5.74) is 5.44. The van der Waals surface area contributed by atoms with E-state index in [1.54, 1.807) is 4.40 Å². The van der Waals surface area contributed by atoms with Crippen molar-refractivity contribution in [3.05, 3.63) is 64.2 Å². The van der Waals surface area contributed by atoms with Gasteiger partial charge in [-0.3, -0.25) is 9.20 Å². The molecule has 1 fully saturated rings. The Morgan fingerprint density at radius 3 is 2.75 bits per heavy atom. The maximum absolute atomic E-state index is 13.3. The van der Waals surface area contributed by atoms with Crippen LogP contribution in [0.4, 0.5) is 5.69 Å². The van der Waals surface area contributed by atoms with Crippen LogP contribution in [0.1, 0.15) is 37.4 Å². The number of rotatable bonds is 6. The van der Waals surface area contributed by atoms with Gasteiger partial charge in [0.1, 0.15) is 5.65 Å². The molecule has 0 saturated carbocycles. The minimum atomic E-state index is 0.0144. The highest BCUT2D eigenvalue weighted by Gasteiger charge is 2.16. The molecule has 5 nitrogen and oxygen atoms in total. The predicted molar refractivity (Wildman–Crippen MR) is 115 cm³/mol. The van der Waals surface area contributed by atoms with E-state index in [1.165, 1.54) is 0 Å². The van der Waals surface area contributed by atoms with E-state index in [0.717, 1.165) is 72.5 Å². The molecule has 1 aromatic carbocycles. The van der Waals surface area contributed by atoms with Gasteiger partial charge in [-0.15, -0.1) is 0 Å². The Kier molecular flexibility index (Phi) is 5.44. The van der Waals surface area contributed by atoms with E-state index in [-0.39, 0.29) is 5.56 Å². The number of nitrogens with one attached hydrogen (secondary N) is 2. The molecular formula is C23H28N4O. The summed E-state index contributed by atoms with van der Waals surface area (Å²) in [5, 5.41) is 6.93. The molecule has 3 heterocycles. The van der Waals surface area contributed by atoms with E-state index in [1.807, 2.05) is 37.4 Å². The zero-order valence-corrected chi connectivity index (χ0v) is 16.7. The van der Waals surface area contributed by atoms with Gasteiger partial charge >= 0.3 is 0 Å². The van der Waals surface area contributed by atoms with Crippen molar-refractivity contribution in [1.82, 2.24) is 14.7 Å². The lowest BCUT2D eigenvalue weighted by atomic mass is 10.0. The lowest BCUT2D eigenvalue weighted by Crippen LogP contribution is -2.22. The van der Waals surface area contributed by atoms with Crippen LogP contribution in [0, 0.1) is 6.92 Å². The summed E-state index contributed by atoms with van der Waals surface area (Å²) in [5.74, 6) is 0. The highest BCUT2D eigenvalue weighted by atomic mass is 16.1. The molecule has 1 unspecified atom stereocenters. The Morgan fingerprint density at radius 1 is 1.21 bits per heavy atom. The number of hydrogen-bond acceptors (Lipinski definition) is 4. The number of aryl methyl sites for hydroxylation is 2. The second-order valence-corrected chi connectivity index (χ2v) is 7.69. The van der Waals surface area contributed by atoms with E-state index >= 15 is 0 Å². The van der Waals surface area contributed by atoms with Gasteiger partial charge in [-0.05, 0) is 62.1 Å². The first-order valence-electron chi connectivity index (χ1n) is 10.3. The van der Waals surface area contributed by atoms with Crippen LogP contribution in [-0.2, 0) is 6.42 Å². The Balaban J connectivity index is 1.74. The van der Waals surface area contributed by atoms with Gasteiger partial charge in [-0.1, -0.05) is 31.5 Å². The number of aromatic nitrogens is 2. The van der Waals surface area contributed by atoms with Crippen LogP contribution in [0.3, 0.4) is 0 Å². The van der Waals surface area contributed by atoms with Crippen molar-refractivity contribution in [2.75, 3.05) is 18.4 Å². The summed E-state index contributed by atoms with van der Waals surface area (Å²) in [7, 11) is 0. The molecule has 0 bridgehead atoms. The zero-order chi connectivity index (χ0) is 19.5. The quantitative estimate of drug-likeness (QED) is 0.687. The summed E-state index contributed by atoms with van der Waals surface area (Å²) in [4.78, 5) is 18.2. The first-order chi connectivity index (χ1) is 13.7. The summed E-state index contributed by atoms with van der Waals surface area (Å²) in [6.45, 7) is 6.22. The number of fused-ring (bicyclic) bond motifs is 1. The maximum atomic E-state index is 13.3. The predicted octanol–water partition coefficient (Wildman–Crippen LogP) is 3.79. The first-order valence-corrected chi connectivity index (χ1v) is 10.3. The number of hydrogen-bond donors (Lipinski definition) is 2. The Hall–Kier alpha value is -2.66. The minimum Gasteiger partial charge on any atom is -0.381 e. The standard InChI is InChI=1S/C23H28N4O/c1-3-4-5-20-22(23(28)27-15-16(2)6-11-21(27)26-20)17-7-9-18(10-8-17)25-19-12-13-24-14-19/h6-11,15,19,24-25H,3-5,12-14H2,1-2H3. The van der Waals surface area contributed by atoms with Crippen molar-refractivity contribution in [1.29, 1.82) is 0 Å². The Morgan fingerprint density at radius 2 is 2.04 bits per heavy atom. The van der Waals surface area contributed by atoms with Gasteiger partial charge in [0.2, 0.25) is 0 Å². The molecule has 2 aromatic heterocycles. The van der Waals surface area contributed by atoms with Crippen molar-refractivity contribution in [3.8, 4) is 11.1 Å². The monoisotopic (exact) mass is 376 g/mol. The van der Waals surface area contributed by atoms with Gasteiger partial charge in [-0.25, -0.2) is 4.98 Å². The largest absolute Gasteiger partial charge is 0.381 e. The van der Waals surface area contributed by atoms with Gasteiger partial charge in [0.25, 0.3) is 5.56 Å². The van der Waals surface area contributed by atoms with Crippen molar-refractivity contribution < 1.29 is 0 Å². The molecule has 1 aliphatic rings. The van der Waals surface area contributed by atoms with Gasteiger partial charge < -0.3 is 10.6 Å². The fourth-order valence-electron chi connectivity index (χ4n) is 3.85. The molecule has 28 heavy (non-hydrogen) atoms. The minimum absolute atomic E-state index is 0.0144. The molecule has 146 valence electrons. The molecule has 5 heteroatoms. The lowest BCUT2D eigenvalue weighted by Gasteiger charge is -2.14. The van der Waals surface area contributed by atoms with E-state index in [4.69, 9.17) is 4.98 Å². The van der Waals surface area contributed by atoms with Crippen molar-refractivity contribution >= 4 is 11.3 Å². The van der Waals surface area contributed by atoms with E-state index in [0.29, 0.717) is 6.04 Å². The van der Waals surface area contributed by atoms with Gasteiger partial charge in [0, 0.05) is 24.5 Å². The third kappa shape index (κ3) is 3.80. The van der Waals surface area contributed by atoms with E-state index < -0.39 is 0 Å². The van der Waals surface area contributed by atoms with Crippen LogP contribution in [0.5, 0.6) is 0 Å². The third-order valence-electron chi connectivity index (χ3n) is 5.42. The number of anilines is 1. The number of nitrogens with zero attached hydrogens (tertiary/aromatic N) is 2. The van der Waals surface area contributed by atoms with Gasteiger partial charge in [0.05, 0.1) is 11.3 Å². The van der Waals surface area contributed by atoms with Crippen molar-refractivity contribution in [2.24, 2.45) is 0 Å². The average molecular weight is 377 g/mol. The molecule has 0 radical (unpaired) electrons. The number of pyridine rings is 1. The normalized spacial score (nSPS) is 16.6. The molecule has 1 saturated heterocycles. The summed E-state index contributed by atoms with van der Waals surface area (Å²) in [6, 6.07) is 12.6. The van der Waals surface area contributed by atoms with Crippen molar-refractivity contribution in [3.63, 3.8) is 0 Å². The maximum Gasteiger partial charge on any atom is 0.266 e. The highest BCUT2D eigenvalue weighted by molar-refractivity contribution is 5.69. The van der Waals surface area contributed by atoms with Crippen molar-refractivity contribution in [2.45, 2.75) is 45.6 Å². The van der Waals surface area contributed by atoms with Gasteiger partial charge in [-0.2, -0.15) is 0 Å².